The van der Waals surface area contributed by atoms with Gasteiger partial charge >= 0.3 is 0 Å². The Morgan fingerprint density at radius 2 is 2.05 bits per heavy atom. The predicted molar refractivity (Wildman–Crippen MR) is 98.6 cm³/mol. The topological polar surface area (TPSA) is 58.4 Å². The van der Waals surface area contributed by atoms with Crippen molar-refractivity contribution >= 4 is 30.1 Å². The minimum absolute atomic E-state index is 0. The highest BCUT2D eigenvalue weighted by Gasteiger charge is 2.11. The fourth-order valence-electron chi connectivity index (χ4n) is 2.04. The molecule has 0 aromatic heterocycles. The zero-order valence-corrected chi connectivity index (χ0v) is 15.1. The number of halogens is 1. The van der Waals surface area contributed by atoms with Gasteiger partial charge in [0.05, 0.1) is 6.04 Å². The van der Waals surface area contributed by atoms with E-state index < -0.39 is 0 Å². The molecule has 0 saturated carbocycles. The first kappa shape index (κ1) is 21.2. The molecule has 4 nitrogen and oxygen atoms in total. The van der Waals surface area contributed by atoms with Crippen LogP contribution >= 0.6 is 24.2 Å². The number of rotatable bonds is 10. The van der Waals surface area contributed by atoms with Gasteiger partial charge in [0, 0.05) is 13.1 Å². The van der Waals surface area contributed by atoms with Gasteiger partial charge < -0.3 is 16.0 Å². The summed E-state index contributed by atoms with van der Waals surface area (Å²) in [5, 5.41) is 2.91. The first-order valence-corrected chi connectivity index (χ1v) is 8.77. The maximum absolute atomic E-state index is 11.7. The Hall–Kier alpha value is -0.750. The molecular formula is C16H28ClN3OS. The molecule has 0 saturated heterocycles. The molecule has 1 amide bonds. The van der Waals surface area contributed by atoms with E-state index in [1.54, 1.807) is 11.8 Å². The van der Waals surface area contributed by atoms with E-state index in [0.717, 1.165) is 31.7 Å². The summed E-state index contributed by atoms with van der Waals surface area (Å²) in [5.74, 6) is 0.892. The van der Waals surface area contributed by atoms with Crippen LogP contribution in [-0.4, -0.2) is 49.0 Å². The van der Waals surface area contributed by atoms with Gasteiger partial charge in [0.15, 0.2) is 0 Å². The van der Waals surface area contributed by atoms with Crippen molar-refractivity contribution in [2.45, 2.75) is 25.4 Å². The van der Waals surface area contributed by atoms with Crippen LogP contribution in [0.5, 0.6) is 0 Å². The molecule has 0 bridgehead atoms. The van der Waals surface area contributed by atoms with E-state index in [0.29, 0.717) is 6.54 Å². The van der Waals surface area contributed by atoms with Gasteiger partial charge in [-0.2, -0.15) is 11.8 Å². The average Bonchev–Trinajstić information content (AvgIpc) is 2.49. The third-order valence-electron chi connectivity index (χ3n) is 3.28. The molecule has 0 heterocycles. The van der Waals surface area contributed by atoms with Crippen molar-refractivity contribution in [3.8, 4) is 0 Å². The van der Waals surface area contributed by atoms with E-state index in [-0.39, 0.29) is 24.4 Å². The zero-order valence-electron chi connectivity index (χ0n) is 13.5. The number of nitrogens with two attached hydrogens (primary N) is 1. The summed E-state index contributed by atoms with van der Waals surface area (Å²) in [6.07, 6.45) is 3.69. The van der Waals surface area contributed by atoms with Crippen molar-refractivity contribution in [3.05, 3.63) is 35.9 Å². The summed E-state index contributed by atoms with van der Waals surface area (Å²) in [6, 6.07) is 10.0. The number of amides is 1. The standard InChI is InChI=1S/C16H27N3OS.ClH/c1-19(13-14-7-4-3-5-8-14)11-6-10-18-16(20)15(17)9-12-21-2;/h3-5,7-8,15H,6,9-13,17H2,1-2H3,(H,18,20);1H/t15-;/m0./s1. The van der Waals surface area contributed by atoms with Crippen LogP contribution in [0.15, 0.2) is 30.3 Å². The summed E-state index contributed by atoms with van der Waals surface area (Å²) >= 11 is 1.71. The monoisotopic (exact) mass is 345 g/mol. The lowest BCUT2D eigenvalue weighted by Gasteiger charge is -2.17. The number of carbonyl (C=O) groups excluding carboxylic acids is 1. The van der Waals surface area contributed by atoms with Crippen LogP contribution in [0.2, 0.25) is 0 Å². The van der Waals surface area contributed by atoms with E-state index in [4.69, 9.17) is 5.73 Å². The molecule has 1 aromatic carbocycles. The molecule has 126 valence electrons. The van der Waals surface area contributed by atoms with Crippen molar-refractivity contribution in [2.75, 3.05) is 32.1 Å². The summed E-state index contributed by atoms with van der Waals surface area (Å²) in [5.41, 5.74) is 7.12. The average molecular weight is 346 g/mol. The number of thioether (sulfide) groups is 1. The quantitative estimate of drug-likeness (QED) is 0.638. The van der Waals surface area contributed by atoms with E-state index in [1.807, 2.05) is 12.3 Å². The van der Waals surface area contributed by atoms with Crippen LogP contribution in [0.4, 0.5) is 0 Å². The maximum atomic E-state index is 11.7. The van der Waals surface area contributed by atoms with Gasteiger partial charge in [-0.1, -0.05) is 30.3 Å². The Morgan fingerprint density at radius 3 is 2.68 bits per heavy atom. The molecule has 3 N–H and O–H groups in total. The molecule has 0 fully saturated rings. The lowest BCUT2D eigenvalue weighted by Crippen LogP contribution is -2.41. The van der Waals surface area contributed by atoms with Crippen LogP contribution in [0.1, 0.15) is 18.4 Å². The van der Waals surface area contributed by atoms with Crippen LogP contribution in [0.3, 0.4) is 0 Å². The van der Waals surface area contributed by atoms with Gasteiger partial charge in [-0.05, 0) is 44.0 Å². The maximum Gasteiger partial charge on any atom is 0.236 e. The lowest BCUT2D eigenvalue weighted by atomic mass is 10.2. The van der Waals surface area contributed by atoms with Crippen LogP contribution in [0, 0.1) is 0 Å². The second-order valence-electron chi connectivity index (χ2n) is 5.26. The van der Waals surface area contributed by atoms with Gasteiger partial charge in [0.2, 0.25) is 5.91 Å². The Labute approximate surface area is 144 Å². The van der Waals surface area contributed by atoms with Gasteiger partial charge in [-0.25, -0.2) is 0 Å². The van der Waals surface area contributed by atoms with Crippen LogP contribution < -0.4 is 11.1 Å². The van der Waals surface area contributed by atoms with E-state index in [9.17, 15) is 4.79 Å². The molecule has 0 aliphatic carbocycles. The highest BCUT2D eigenvalue weighted by molar-refractivity contribution is 7.98. The summed E-state index contributed by atoms with van der Waals surface area (Å²) < 4.78 is 0. The fraction of sp³-hybridized carbons (Fsp3) is 0.562. The second kappa shape index (κ2) is 12.8. The van der Waals surface area contributed by atoms with Crippen molar-refractivity contribution in [1.82, 2.24) is 10.2 Å². The van der Waals surface area contributed by atoms with Gasteiger partial charge in [-0.3, -0.25) is 4.79 Å². The molecule has 1 atom stereocenters. The number of nitrogens with zero attached hydrogens (tertiary/aromatic N) is 1. The third-order valence-corrected chi connectivity index (χ3v) is 3.92. The molecule has 0 spiro atoms. The first-order valence-electron chi connectivity index (χ1n) is 7.38. The first-order chi connectivity index (χ1) is 10.1. The van der Waals surface area contributed by atoms with Crippen LogP contribution in [-0.2, 0) is 11.3 Å². The van der Waals surface area contributed by atoms with E-state index in [1.165, 1.54) is 5.56 Å². The SMILES string of the molecule is CSCC[C@H](N)C(=O)NCCCN(C)Cc1ccccc1.Cl. The predicted octanol–water partition coefficient (Wildman–Crippen LogP) is 2.13. The second-order valence-corrected chi connectivity index (χ2v) is 6.24. The number of hydrogen-bond acceptors (Lipinski definition) is 4. The molecular weight excluding hydrogens is 318 g/mol. The summed E-state index contributed by atoms with van der Waals surface area (Å²) in [4.78, 5) is 14.0. The molecule has 22 heavy (non-hydrogen) atoms. The van der Waals surface area contributed by atoms with Gasteiger partial charge in [0.25, 0.3) is 0 Å². The Bertz CT molecular complexity index is 406. The molecule has 1 aromatic rings. The highest BCUT2D eigenvalue weighted by atomic mass is 35.5. The van der Waals surface area contributed by atoms with Crippen LogP contribution in [0.25, 0.3) is 0 Å². The summed E-state index contributed by atoms with van der Waals surface area (Å²) in [6.45, 7) is 2.57. The van der Waals surface area contributed by atoms with Crippen molar-refractivity contribution < 1.29 is 4.79 Å². The number of benzene rings is 1. The highest BCUT2D eigenvalue weighted by Crippen LogP contribution is 2.03. The zero-order chi connectivity index (χ0) is 15.5. The normalized spacial score (nSPS) is 11.8. The van der Waals surface area contributed by atoms with Crippen molar-refractivity contribution in [2.24, 2.45) is 5.73 Å². The molecule has 0 unspecified atom stereocenters. The molecule has 1 rings (SSSR count). The minimum Gasteiger partial charge on any atom is -0.355 e. The molecule has 0 aliphatic rings. The molecule has 0 radical (unpaired) electrons. The third kappa shape index (κ3) is 9.30. The molecule has 6 heteroatoms. The largest absolute Gasteiger partial charge is 0.355 e. The van der Waals surface area contributed by atoms with Crippen molar-refractivity contribution in [1.29, 1.82) is 0 Å². The fourth-order valence-corrected chi connectivity index (χ4v) is 2.53. The summed E-state index contributed by atoms with van der Waals surface area (Å²) in [7, 11) is 2.10. The number of nitrogens with one attached hydrogen (secondary N) is 1. The van der Waals surface area contributed by atoms with Gasteiger partial charge in [0.1, 0.15) is 0 Å². The minimum atomic E-state index is -0.375. The Kier molecular flexibility index (Phi) is 12.3. The lowest BCUT2D eigenvalue weighted by molar-refractivity contribution is -0.122. The Morgan fingerprint density at radius 1 is 1.36 bits per heavy atom. The van der Waals surface area contributed by atoms with Crippen molar-refractivity contribution in [3.63, 3.8) is 0 Å². The number of carbonyl (C=O) groups is 1. The van der Waals surface area contributed by atoms with E-state index >= 15 is 0 Å². The Balaban J connectivity index is 0.00000441. The van der Waals surface area contributed by atoms with Gasteiger partial charge in [-0.15, -0.1) is 12.4 Å². The smallest absolute Gasteiger partial charge is 0.236 e. The van der Waals surface area contributed by atoms with E-state index in [2.05, 4.69) is 41.5 Å². The molecule has 0 aliphatic heterocycles. The number of hydrogen-bond donors (Lipinski definition) is 2.